The van der Waals surface area contributed by atoms with Crippen LogP contribution in [0.4, 0.5) is 5.69 Å². The number of nitrogens with one attached hydrogen (secondary N) is 1. The van der Waals surface area contributed by atoms with Gasteiger partial charge in [0.1, 0.15) is 10.6 Å². The third kappa shape index (κ3) is 4.26. The average Bonchev–Trinajstić information content (AvgIpc) is 2.67. The Bertz CT molecular complexity index is 883. The molecule has 1 N–H and O–H groups in total. The molecule has 1 aliphatic carbocycles. The molecular weight excluding hydrogens is 406 g/mol. The van der Waals surface area contributed by atoms with Crippen molar-refractivity contribution in [1.29, 1.82) is 0 Å². The molecule has 0 unspecified atom stereocenters. The predicted molar refractivity (Wildman–Crippen MR) is 105 cm³/mol. The molecular formula is C18H24ClN3O5S. The van der Waals surface area contributed by atoms with Gasteiger partial charge in [-0.1, -0.05) is 30.9 Å². The molecule has 0 atom stereocenters. The van der Waals surface area contributed by atoms with Gasteiger partial charge in [-0.3, -0.25) is 9.59 Å². The number of fused-ring (bicyclic) bond motifs is 1. The minimum Gasteiger partial charge on any atom is -0.482 e. The van der Waals surface area contributed by atoms with E-state index in [9.17, 15) is 18.0 Å². The van der Waals surface area contributed by atoms with Crippen molar-refractivity contribution in [2.45, 2.75) is 43.0 Å². The molecule has 0 saturated heterocycles. The molecule has 1 aromatic rings. The van der Waals surface area contributed by atoms with Crippen LogP contribution in [-0.4, -0.2) is 62.7 Å². The molecule has 0 aromatic heterocycles. The Labute approximate surface area is 169 Å². The molecule has 10 heteroatoms. The van der Waals surface area contributed by atoms with Gasteiger partial charge in [-0.2, -0.15) is 4.31 Å². The van der Waals surface area contributed by atoms with Crippen molar-refractivity contribution in [3.8, 4) is 5.75 Å². The maximum atomic E-state index is 13.0. The lowest BCUT2D eigenvalue weighted by molar-refractivity contribution is -0.132. The second kappa shape index (κ2) is 8.26. The standard InChI is InChI=1S/C18H24ClN3O5S/c1-21(10-18(24)22(2)12-6-4-3-5-7-12)28(25,26)16-9-15-14(8-13(16)19)20-17(23)11-27-15/h8-9,12H,3-7,10-11H2,1-2H3,(H,20,23). The fraction of sp³-hybridized carbons (Fsp3) is 0.556. The monoisotopic (exact) mass is 429 g/mol. The van der Waals surface area contributed by atoms with Gasteiger partial charge >= 0.3 is 0 Å². The summed E-state index contributed by atoms with van der Waals surface area (Å²) in [5.41, 5.74) is 0.316. The molecule has 2 amide bonds. The van der Waals surface area contributed by atoms with Crippen molar-refractivity contribution in [1.82, 2.24) is 9.21 Å². The summed E-state index contributed by atoms with van der Waals surface area (Å²) in [7, 11) is -0.944. The first kappa shape index (κ1) is 20.9. The number of carbonyl (C=O) groups excluding carboxylic acids is 2. The molecule has 3 rings (SSSR count). The topological polar surface area (TPSA) is 96.0 Å². The molecule has 0 spiro atoms. The fourth-order valence-corrected chi connectivity index (χ4v) is 5.14. The van der Waals surface area contributed by atoms with Crippen LogP contribution in [-0.2, 0) is 19.6 Å². The number of amides is 2. The molecule has 28 heavy (non-hydrogen) atoms. The summed E-state index contributed by atoms with van der Waals surface area (Å²) in [6, 6.07) is 2.77. The summed E-state index contributed by atoms with van der Waals surface area (Å²) in [6.07, 6.45) is 5.22. The van der Waals surface area contributed by atoms with Crippen LogP contribution in [0.25, 0.3) is 0 Å². The molecule has 8 nitrogen and oxygen atoms in total. The largest absolute Gasteiger partial charge is 0.482 e. The molecule has 1 aliphatic heterocycles. The van der Waals surface area contributed by atoms with Crippen LogP contribution in [0.15, 0.2) is 17.0 Å². The van der Waals surface area contributed by atoms with Gasteiger partial charge in [-0.05, 0) is 18.9 Å². The van der Waals surface area contributed by atoms with E-state index < -0.39 is 10.0 Å². The van der Waals surface area contributed by atoms with Crippen LogP contribution in [0.1, 0.15) is 32.1 Å². The number of sulfonamides is 1. The first-order valence-corrected chi connectivity index (χ1v) is 11.0. The lowest BCUT2D eigenvalue weighted by Crippen LogP contribution is -2.44. The normalized spacial score (nSPS) is 17.6. The van der Waals surface area contributed by atoms with Crippen LogP contribution in [0.3, 0.4) is 0 Å². The van der Waals surface area contributed by atoms with Crippen molar-refractivity contribution in [3.05, 3.63) is 17.2 Å². The van der Waals surface area contributed by atoms with Crippen molar-refractivity contribution < 1.29 is 22.7 Å². The molecule has 1 aromatic carbocycles. The van der Waals surface area contributed by atoms with E-state index in [0.29, 0.717) is 5.69 Å². The first-order chi connectivity index (χ1) is 13.2. The van der Waals surface area contributed by atoms with Gasteiger partial charge < -0.3 is 15.0 Å². The maximum Gasteiger partial charge on any atom is 0.262 e. The zero-order valence-corrected chi connectivity index (χ0v) is 17.5. The fourth-order valence-electron chi connectivity index (χ4n) is 3.51. The summed E-state index contributed by atoms with van der Waals surface area (Å²) in [5, 5.41) is 2.52. The molecule has 0 bridgehead atoms. The van der Waals surface area contributed by atoms with Crippen molar-refractivity contribution >= 4 is 39.1 Å². The third-order valence-corrected chi connectivity index (χ3v) is 7.50. The van der Waals surface area contributed by atoms with Crippen LogP contribution >= 0.6 is 11.6 Å². The van der Waals surface area contributed by atoms with Crippen LogP contribution < -0.4 is 10.1 Å². The number of carbonyl (C=O) groups is 2. The summed E-state index contributed by atoms with van der Waals surface area (Å²) < 4.78 is 32.2. The van der Waals surface area contributed by atoms with E-state index in [4.69, 9.17) is 16.3 Å². The van der Waals surface area contributed by atoms with Gasteiger partial charge in [0.25, 0.3) is 5.91 Å². The number of benzene rings is 1. The molecule has 2 aliphatic rings. The second-order valence-electron chi connectivity index (χ2n) is 7.17. The Morgan fingerprint density at radius 1 is 1.25 bits per heavy atom. The Kier molecular flexibility index (Phi) is 6.16. The Hall–Kier alpha value is -1.84. The number of hydrogen-bond acceptors (Lipinski definition) is 5. The van der Waals surface area contributed by atoms with E-state index in [2.05, 4.69) is 5.32 Å². The highest BCUT2D eigenvalue weighted by atomic mass is 35.5. The van der Waals surface area contributed by atoms with Crippen molar-refractivity contribution in [3.63, 3.8) is 0 Å². The van der Waals surface area contributed by atoms with Gasteiger partial charge in [0.15, 0.2) is 6.61 Å². The highest BCUT2D eigenvalue weighted by molar-refractivity contribution is 7.89. The lowest BCUT2D eigenvalue weighted by Gasteiger charge is -2.32. The summed E-state index contributed by atoms with van der Waals surface area (Å²) in [4.78, 5) is 25.5. The van der Waals surface area contributed by atoms with E-state index in [1.54, 1.807) is 11.9 Å². The number of nitrogens with zero attached hydrogens (tertiary/aromatic N) is 2. The molecule has 0 radical (unpaired) electrons. The van der Waals surface area contributed by atoms with Crippen molar-refractivity contribution in [2.75, 3.05) is 32.6 Å². The van der Waals surface area contributed by atoms with Gasteiger partial charge in [0.2, 0.25) is 15.9 Å². The number of ether oxygens (including phenoxy) is 1. The highest BCUT2D eigenvalue weighted by Gasteiger charge is 2.30. The number of rotatable bonds is 5. The molecule has 1 fully saturated rings. The van der Waals surface area contributed by atoms with Gasteiger partial charge in [0, 0.05) is 26.2 Å². The van der Waals surface area contributed by atoms with Crippen molar-refractivity contribution in [2.24, 2.45) is 0 Å². The molecule has 1 saturated carbocycles. The summed E-state index contributed by atoms with van der Waals surface area (Å²) in [6.45, 7) is -0.477. The number of hydrogen-bond donors (Lipinski definition) is 1. The van der Waals surface area contributed by atoms with Crippen LogP contribution in [0.2, 0.25) is 5.02 Å². The SMILES string of the molecule is CN(C(=O)CN(C)S(=O)(=O)c1cc2c(cc1Cl)NC(=O)CO2)C1CCCCC1. The van der Waals surface area contributed by atoms with E-state index in [1.807, 2.05) is 0 Å². The van der Waals surface area contributed by atoms with Crippen LogP contribution in [0, 0.1) is 0 Å². The second-order valence-corrected chi connectivity index (χ2v) is 9.59. The minimum absolute atomic E-state index is 0.0514. The zero-order chi connectivity index (χ0) is 20.5. The average molecular weight is 430 g/mol. The predicted octanol–water partition coefficient (Wildman–Crippen LogP) is 2.08. The Morgan fingerprint density at radius 2 is 1.93 bits per heavy atom. The van der Waals surface area contributed by atoms with Gasteiger partial charge in [0.05, 0.1) is 17.3 Å². The summed E-state index contributed by atoms with van der Waals surface area (Å²) in [5.74, 6) is -0.371. The maximum absolute atomic E-state index is 13.0. The highest BCUT2D eigenvalue weighted by Crippen LogP contribution is 2.36. The van der Waals surface area contributed by atoms with E-state index in [1.165, 1.54) is 25.6 Å². The summed E-state index contributed by atoms with van der Waals surface area (Å²) >= 11 is 6.15. The number of likely N-dealkylation sites (N-methyl/N-ethyl adjacent to an activating group) is 2. The molecule has 1 heterocycles. The lowest BCUT2D eigenvalue weighted by atomic mass is 9.94. The quantitative estimate of drug-likeness (QED) is 0.773. The van der Waals surface area contributed by atoms with E-state index >= 15 is 0 Å². The number of anilines is 1. The Morgan fingerprint density at radius 3 is 2.61 bits per heavy atom. The van der Waals surface area contributed by atoms with E-state index in [-0.39, 0.29) is 46.7 Å². The first-order valence-electron chi connectivity index (χ1n) is 9.18. The number of halogens is 1. The van der Waals surface area contributed by atoms with E-state index in [0.717, 1.165) is 30.0 Å². The Balaban J connectivity index is 1.76. The molecule has 154 valence electrons. The zero-order valence-electron chi connectivity index (χ0n) is 15.9. The smallest absolute Gasteiger partial charge is 0.262 e. The van der Waals surface area contributed by atoms with Gasteiger partial charge in [-0.15, -0.1) is 0 Å². The third-order valence-electron chi connectivity index (χ3n) is 5.23. The van der Waals surface area contributed by atoms with Gasteiger partial charge in [-0.25, -0.2) is 8.42 Å². The minimum atomic E-state index is -4.01. The van der Waals surface area contributed by atoms with Crippen LogP contribution in [0.5, 0.6) is 5.75 Å².